The molecule has 0 aliphatic carbocycles. The SMILES string of the molecule is CN1C(=O)[C@@H](Cc2ccccc2)NC(=O)[C@H](CC(=O)O)NC(=O)CNC(=O)[C@H](CCCN=C(N)N)NC(=O)c2ccc(cc2)-c2cccc3c(c[nH]c23)C[C@H]1C(N)=O. The number of carboxylic acid groups (broad SMARTS) is 1. The lowest BCUT2D eigenvalue weighted by Gasteiger charge is -2.31. The third-order valence-electron chi connectivity index (χ3n) is 9.73. The van der Waals surface area contributed by atoms with Crippen molar-refractivity contribution in [3.63, 3.8) is 0 Å². The predicted octanol–water partition coefficient (Wildman–Crippen LogP) is -0.341. The fraction of sp³-hybridized carbons (Fsp3) is 0.300. The van der Waals surface area contributed by atoms with Crippen LogP contribution >= 0.6 is 0 Å². The third kappa shape index (κ3) is 10.7. The highest BCUT2D eigenvalue weighted by Crippen LogP contribution is 2.31. The van der Waals surface area contributed by atoms with Gasteiger partial charge in [0.2, 0.25) is 29.5 Å². The van der Waals surface area contributed by atoms with Crippen LogP contribution in [0.25, 0.3) is 22.0 Å². The summed E-state index contributed by atoms with van der Waals surface area (Å²) < 4.78 is 0. The van der Waals surface area contributed by atoms with Gasteiger partial charge in [0.15, 0.2) is 5.96 Å². The summed E-state index contributed by atoms with van der Waals surface area (Å²) in [5.41, 5.74) is 20.5. The average molecular weight is 795 g/mol. The Hall–Kier alpha value is -7.24. The Labute approximate surface area is 333 Å². The topological polar surface area (TPSA) is 297 Å². The molecule has 18 nitrogen and oxygen atoms in total. The summed E-state index contributed by atoms with van der Waals surface area (Å²) in [5.74, 6) is -6.35. The van der Waals surface area contributed by atoms with Crippen LogP contribution in [0.15, 0.2) is 84.0 Å². The molecule has 6 bridgehead atoms. The van der Waals surface area contributed by atoms with E-state index >= 15 is 0 Å². The van der Waals surface area contributed by atoms with E-state index in [0.29, 0.717) is 11.1 Å². The molecule has 4 aromatic rings. The Balaban J connectivity index is 1.54. The lowest BCUT2D eigenvalue weighted by Crippen LogP contribution is -2.58. The molecule has 304 valence electrons. The van der Waals surface area contributed by atoms with Crippen LogP contribution in [-0.4, -0.2) is 107 Å². The number of para-hydroxylation sites is 1. The molecule has 1 aromatic heterocycles. The number of H-pyrrole nitrogens is 1. The standard InChI is InChI=1S/C40H46N10O8/c1-50-31(35(41)54)18-25-20-45-34-26(9-5-10-27(25)34)23-12-14-24(15-13-23)36(55)48-28(11-6-16-44-40(42)43)37(56)46-21-32(51)47-29(19-33(52)53)38(57)49-30(39(50)58)17-22-7-3-2-4-8-22/h2-5,7-10,12-15,20,28-31,45H,6,11,16-19,21H2,1H3,(H2,41,54)(H,46,56)(H,47,51)(H,48,55)(H,49,57)(H,52,53)(H4,42,43,44)/t28-,29-,30+,31-/m0/s1. The highest BCUT2D eigenvalue weighted by atomic mass is 16.4. The van der Waals surface area contributed by atoms with Crippen molar-refractivity contribution in [2.24, 2.45) is 22.2 Å². The van der Waals surface area contributed by atoms with E-state index in [2.05, 4.69) is 31.2 Å². The van der Waals surface area contributed by atoms with Crippen LogP contribution in [0.3, 0.4) is 0 Å². The summed E-state index contributed by atoms with van der Waals surface area (Å²) in [6.07, 6.45) is 1.15. The number of aliphatic carboxylic acids is 1. The van der Waals surface area contributed by atoms with E-state index in [1.165, 1.54) is 7.05 Å². The number of aromatic amines is 1. The van der Waals surface area contributed by atoms with E-state index in [4.69, 9.17) is 17.2 Å². The van der Waals surface area contributed by atoms with Crippen molar-refractivity contribution < 1.29 is 38.7 Å². The van der Waals surface area contributed by atoms with E-state index in [9.17, 15) is 38.7 Å². The number of rotatable bonds is 9. The molecular formula is C40H46N10O8. The summed E-state index contributed by atoms with van der Waals surface area (Å²) in [6, 6.07) is 15.6. The molecule has 3 heterocycles. The molecule has 6 amide bonds. The van der Waals surface area contributed by atoms with Crippen molar-refractivity contribution >= 4 is 58.3 Å². The number of carbonyl (C=O) groups is 7. The third-order valence-corrected chi connectivity index (χ3v) is 9.73. The van der Waals surface area contributed by atoms with Gasteiger partial charge in [-0.3, -0.25) is 38.6 Å². The number of nitrogens with two attached hydrogens (primary N) is 3. The number of guanidine groups is 1. The van der Waals surface area contributed by atoms with E-state index in [1.807, 2.05) is 18.2 Å². The molecule has 12 N–H and O–H groups in total. The van der Waals surface area contributed by atoms with Gasteiger partial charge in [-0.05, 0) is 41.7 Å². The maximum atomic E-state index is 14.2. The molecule has 6 rings (SSSR count). The number of carboxylic acids is 1. The summed E-state index contributed by atoms with van der Waals surface area (Å²) in [4.78, 5) is 101. The van der Waals surface area contributed by atoms with Crippen LogP contribution in [0.1, 0.15) is 40.7 Å². The zero-order valence-electron chi connectivity index (χ0n) is 31.7. The van der Waals surface area contributed by atoms with E-state index in [-0.39, 0.29) is 43.8 Å². The first kappa shape index (κ1) is 41.9. The number of aromatic nitrogens is 1. The van der Waals surface area contributed by atoms with Crippen molar-refractivity contribution in [3.8, 4) is 11.1 Å². The zero-order valence-corrected chi connectivity index (χ0v) is 31.7. The van der Waals surface area contributed by atoms with Crippen molar-refractivity contribution in [1.82, 2.24) is 31.2 Å². The number of primary amides is 1. The van der Waals surface area contributed by atoms with Gasteiger partial charge in [-0.2, -0.15) is 0 Å². The highest BCUT2D eigenvalue weighted by molar-refractivity contribution is 6.01. The van der Waals surface area contributed by atoms with Crippen LogP contribution < -0.4 is 38.5 Å². The monoisotopic (exact) mass is 794 g/mol. The fourth-order valence-corrected chi connectivity index (χ4v) is 6.72. The molecule has 0 fully saturated rings. The van der Waals surface area contributed by atoms with E-state index in [0.717, 1.165) is 26.9 Å². The number of likely N-dealkylation sites (N-methyl/N-ethyl adjacent to an activating group) is 1. The second-order valence-corrected chi connectivity index (χ2v) is 13.9. The molecule has 0 saturated carbocycles. The smallest absolute Gasteiger partial charge is 0.305 e. The summed E-state index contributed by atoms with van der Waals surface area (Å²) in [6.45, 7) is -0.542. The number of aliphatic imine (C=N–C) groups is 1. The Bertz CT molecular complexity index is 2200. The Morgan fingerprint density at radius 3 is 2.21 bits per heavy atom. The van der Waals surface area contributed by atoms with Crippen molar-refractivity contribution in [3.05, 3.63) is 95.7 Å². The molecular weight excluding hydrogens is 749 g/mol. The minimum Gasteiger partial charge on any atom is -0.481 e. The Morgan fingerprint density at radius 1 is 0.828 bits per heavy atom. The molecule has 0 spiro atoms. The van der Waals surface area contributed by atoms with Gasteiger partial charge in [-0.1, -0.05) is 60.7 Å². The summed E-state index contributed by atoms with van der Waals surface area (Å²) in [5, 5.41) is 20.4. The van der Waals surface area contributed by atoms with Gasteiger partial charge in [0.25, 0.3) is 5.91 Å². The zero-order chi connectivity index (χ0) is 41.9. The first-order valence-corrected chi connectivity index (χ1v) is 18.5. The molecule has 2 aliphatic heterocycles. The first-order valence-electron chi connectivity index (χ1n) is 18.5. The minimum absolute atomic E-state index is 0.00266. The van der Waals surface area contributed by atoms with E-state index in [1.54, 1.807) is 60.8 Å². The van der Waals surface area contributed by atoms with Crippen molar-refractivity contribution in [2.45, 2.75) is 56.3 Å². The van der Waals surface area contributed by atoms with Crippen molar-refractivity contribution in [1.29, 1.82) is 0 Å². The maximum Gasteiger partial charge on any atom is 0.305 e. The second-order valence-electron chi connectivity index (χ2n) is 13.9. The van der Waals surface area contributed by atoms with Crippen LogP contribution in [0.2, 0.25) is 0 Å². The average Bonchev–Trinajstić information content (AvgIpc) is 3.61. The van der Waals surface area contributed by atoms with Crippen LogP contribution in [0.4, 0.5) is 0 Å². The normalized spacial score (nSPS) is 19.7. The van der Waals surface area contributed by atoms with Gasteiger partial charge in [0.05, 0.1) is 18.5 Å². The number of carbonyl (C=O) groups excluding carboxylic acids is 6. The quantitative estimate of drug-likeness (QED) is 0.0460. The molecule has 0 unspecified atom stereocenters. The lowest BCUT2D eigenvalue weighted by atomic mass is 9.97. The summed E-state index contributed by atoms with van der Waals surface area (Å²) in [7, 11) is 1.39. The van der Waals surface area contributed by atoms with Gasteiger partial charge < -0.3 is 53.5 Å². The number of amides is 6. The van der Waals surface area contributed by atoms with Gasteiger partial charge in [-0.25, -0.2) is 0 Å². The predicted molar refractivity (Wildman–Crippen MR) is 214 cm³/mol. The molecule has 4 atom stereocenters. The number of hydrogen-bond acceptors (Lipinski definition) is 8. The van der Waals surface area contributed by atoms with Crippen molar-refractivity contribution in [2.75, 3.05) is 20.1 Å². The molecule has 2 aliphatic rings. The number of nitrogens with one attached hydrogen (secondary N) is 5. The molecule has 18 heteroatoms. The van der Waals surface area contributed by atoms with Gasteiger partial charge in [-0.15, -0.1) is 0 Å². The molecule has 58 heavy (non-hydrogen) atoms. The summed E-state index contributed by atoms with van der Waals surface area (Å²) >= 11 is 0. The second kappa shape index (κ2) is 19.1. The van der Waals surface area contributed by atoms with Gasteiger partial charge in [0.1, 0.15) is 24.2 Å². The highest BCUT2D eigenvalue weighted by Gasteiger charge is 2.34. The first-order chi connectivity index (χ1) is 27.7. The number of hydrogen-bond donors (Lipinski definition) is 9. The van der Waals surface area contributed by atoms with Gasteiger partial charge >= 0.3 is 5.97 Å². The van der Waals surface area contributed by atoms with Gasteiger partial charge in [0, 0.05) is 49.1 Å². The van der Waals surface area contributed by atoms with Crippen LogP contribution in [-0.2, 0) is 41.6 Å². The fourth-order valence-electron chi connectivity index (χ4n) is 6.72. The maximum absolute atomic E-state index is 14.2. The Kier molecular flexibility index (Phi) is 13.8. The molecule has 0 radical (unpaired) electrons. The van der Waals surface area contributed by atoms with Crippen LogP contribution in [0, 0.1) is 0 Å². The number of nitrogens with zero attached hydrogens (tertiary/aromatic N) is 2. The van der Waals surface area contributed by atoms with Crippen LogP contribution in [0.5, 0.6) is 0 Å². The minimum atomic E-state index is -1.69. The Morgan fingerprint density at radius 2 is 1.53 bits per heavy atom. The lowest BCUT2D eigenvalue weighted by molar-refractivity contribution is -0.143. The number of fused-ring (bicyclic) bond motifs is 17. The largest absolute Gasteiger partial charge is 0.481 e. The number of benzene rings is 3. The molecule has 0 saturated heterocycles. The van der Waals surface area contributed by atoms with E-state index < -0.39 is 78.5 Å². The molecule has 3 aromatic carbocycles.